The van der Waals surface area contributed by atoms with Crippen molar-refractivity contribution in [2.75, 3.05) is 13.2 Å². The summed E-state index contributed by atoms with van der Waals surface area (Å²) < 4.78 is 11.7. The number of aromatic amines is 1. The summed E-state index contributed by atoms with van der Waals surface area (Å²) in [6.45, 7) is 4.97. The maximum absolute atomic E-state index is 10.5. The number of pyridine rings is 1. The number of nitrogens with zero attached hydrogens (tertiary/aromatic N) is 1. The average Bonchev–Trinajstić information content (AvgIpc) is 3.02. The molecule has 0 aliphatic rings. The molecule has 0 spiro atoms. The first-order chi connectivity index (χ1) is 13.2. The molecule has 0 atom stereocenters. The molecule has 27 heavy (non-hydrogen) atoms. The zero-order valence-corrected chi connectivity index (χ0v) is 15.4. The van der Waals surface area contributed by atoms with Gasteiger partial charge in [0.15, 0.2) is 12.2 Å². The van der Waals surface area contributed by atoms with Crippen LogP contribution in [-0.2, 0) is 9.47 Å². The van der Waals surface area contributed by atoms with Crippen LogP contribution in [0.1, 0.15) is 25.7 Å². The molecule has 0 amide bonds. The Bertz CT molecular complexity index is 1080. The fraction of sp³-hybridized carbons (Fsp3) is 0.227. The van der Waals surface area contributed by atoms with Crippen molar-refractivity contribution < 1.29 is 14.6 Å². The van der Waals surface area contributed by atoms with E-state index in [1.165, 1.54) is 0 Å². The highest BCUT2D eigenvalue weighted by Gasteiger charge is 2.20. The van der Waals surface area contributed by atoms with Crippen LogP contribution in [0.25, 0.3) is 33.1 Å². The van der Waals surface area contributed by atoms with Crippen molar-refractivity contribution in [2.45, 2.75) is 20.1 Å². The van der Waals surface area contributed by atoms with Gasteiger partial charge in [0.2, 0.25) is 0 Å². The van der Waals surface area contributed by atoms with E-state index < -0.39 is 6.29 Å². The number of benzene rings is 2. The van der Waals surface area contributed by atoms with Crippen LogP contribution in [0.15, 0.2) is 54.6 Å². The molecule has 2 aromatic carbocycles. The number of aromatic nitrogens is 2. The molecular formula is C22H22N2O3. The molecular weight excluding hydrogens is 340 g/mol. The molecule has 0 saturated heterocycles. The van der Waals surface area contributed by atoms with Crippen molar-refractivity contribution in [3.05, 3.63) is 60.2 Å². The van der Waals surface area contributed by atoms with Crippen LogP contribution in [0.2, 0.25) is 0 Å². The third-order valence-corrected chi connectivity index (χ3v) is 4.58. The van der Waals surface area contributed by atoms with Crippen molar-refractivity contribution in [3.63, 3.8) is 0 Å². The van der Waals surface area contributed by atoms with Crippen LogP contribution in [-0.4, -0.2) is 28.3 Å². The first-order valence-electron chi connectivity index (χ1n) is 9.15. The van der Waals surface area contributed by atoms with Crippen LogP contribution in [0.3, 0.4) is 0 Å². The molecule has 4 rings (SSSR count). The zero-order chi connectivity index (χ0) is 18.8. The summed E-state index contributed by atoms with van der Waals surface area (Å²) in [5.74, 6) is 0.106. The van der Waals surface area contributed by atoms with Crippen molar-refractivity contribution in [2.24, 2.45) is 0 Å². The SMILES string of the molecule is CCOC(OCC)c1cc(-c2c(O)[nH]c3ccccc23)nc2ccccc12. The van der Waals surface area contributed by atoms with Gasteiger partial charge >= 0.3 is 0 Å². The van der Waals surface area contributed by atoms with Gasteiger partial charge in [-0.1, -0.05) is 36.4 Å². The van der Waals surface area contributed by atoms with E-state index in [2.05, 4.69) is 4.98 Å². The number of H-pyrrole nitrogens is 1. The van der Waals surface area contributed by atoms with Gasteiger partial charge in [0, 0.05) is 35.1 Å². The van der Waals surface area contributed by atoms with E-state index in [1.54, 1.807) is 0 Å². The van der Waals surface area contributed by atoms with Crippen LogP contribution >= 0.6 is 0 Å². The number of rotatable bonds is 6. The van der Waals surface area contributed by atoms with Crippen LogP contribution in [0, 0.1) is 0 Å². The smallest absolute Gasteiger partial charge is 0.199 e. The lowest BCUT2D eigenvalue weighted by atomic mass is 10.0. The summed E-state index contributed by atoms with van der Waals surface area (Å²) in [5.41, 5.74) is 3.98. The average molecular weight is 362 g/mol. The molecule has 0 unspecified atom stereocenters. The van der Waals surface area contributed by atoms with E-state index in [0.29, 0.717) is 24.5 Å². The molecule has 0 fully saturated rings. The van der Waals surface area contributed by atoms with Gasteiger partial charge in [-0.25, -0.2) is 4.98 Å². The number of nitrogens with one attached hydrogen (secondary N) is 1. The Kier molecular flexibility index (Phi) is 4.79. The Morgan fingerprint density at radius 2 is 1.63 bits per heavy atom. The maximum Gasteiger partial charge on any atom is 0.199 e. The molecule has 2 aromatic heterocycles. The molecule has 0 aliphatic carbocycles. The molecule has 0 bridgehead atoms. The third-order valence-electron chi connectivity index (χ3n) is 4.58. The number of ether oxygens (including phenoxy) is 2. The third kappa shape index (κ3) is 3.16. The predicted octanol–water partition coefficient (Wildman–Crippen LogP) is 5.16. The van der Waals surface area contributed by atoms with Gasteiger partial charge in [-0.3, -0.25) is 0 Å². The van der Waals surface area contributed by atoms with Gasteiger partial charge in [0.05, 0.1) is 16.8 Å². The van der Waals surface area contributed by atoms with E-state index in [9.17, 15) is 5.11 Å². The second-order valence-corrected chi connectivity index (χ2v) is 6.25. The Balaban J connectivity index is 1.98. The molecule has 0 saturated carbocycles. The summed E-state index contributed by atoms with van der Waals surface area (Å²) in [5, 5.41) is 12.4. The number of hydrogen-bond acceptors (Lipinski definition) is 4. The highest BCUT2D eigenvalue weighted by molar-refractivity contribution is 5.99. The van der Waals surface area contributed by atoms with Gasteiger partial charge < -0.3 is 19.6 Å². The van der Waals surface area contributed by atoms with Crippen LogP contribution in [0.5, 0.6) is 5.88 Å². The first kappa shape index (κ1) is 17.5. The molecule has 138 valence electrons. The normalized spacial score (nSPS) is 11.7. The molecule has 5 nitrogen and oxygen atoms in total. The Morgan fingerprint density at radius 3 is 2.37 bits per heavy atom. The van der Waals surface area contributed by atoms with E-state index in [4.69, 9.17) is 14.5 Å². The standard InChI is InChI=1S/C22H22N2O3/c1-3-26-22(27-4-2)16-13-19(23-17-11-7-5-9-14(16)17)20-15-10-6-8-12-18(15)24-21(20)25/h5-13,22,24-25H,3-4H2,1-2H3. The lowest BCUT2D eigenvalue weighted by Crippen LogP contribution is -2.10. The van der Waals surface area contributed by atoms with Crippen molar-refractivity contribution in [3.8, 4) is 17.1 Å². The second-order valence-electron chi connectivity index (χ2n) is 6.25. The maximum atomic E-state index is 10.5. The monoisotopic (exact) mass is 362 g/mol. The molecule has 4 aromatic rings. The topological polar surface area (TPSA) is 67.4 Å². The number of para-hydroxylation sites is 2. The fourth-order valence-corrected chi connectivity index (χ4v) is 3.44. The highest BCUT2D eigenvalue weighted by Crippen LogP contribution is 2.38. The van der Waals surface area contributed by atoms with E-state index >= 15 is 0 Å². The Morgan fingerprint density at radius 1 is 0.963 bits per heavy atom. The number of hydrogen-bond donors (Lipinski definition) is 2. The molecule has 2 N–H and O–H groups in total. The number of aromatic hydroxyl groups is 1. The molecule has 0 radical (unpaired) electrons. The van der Waals surface area contributed by atoms with Gasteiger partial charge in [0.25, 0.3) is 0 Å². The Labute approximate surface area is 157 Å². The largest absolute Gasteiger partial charge is 0.494 e. The molecule has 0 aliphatic heterocycles. The van der Waals surface area contributed by atoms with Crippen LogP contribution in [0.4, 0.5) is 0 Å². The fourth-order valence-electron chi connectivity index (χ4n) is 3.44. The Hall–Kier alpha value is -2.89. The quantitative estimate of drug-likeness (QED) is 0.465. The lowest BCUT2D eigenvalue weighted by Gasteiger charge is -2.20. The second kappa shape index (κ2) is 7.39. The summed E-state index contributed by atoms with van der Waals surface area (Å²) in [4.78, 5) is 7.83. The van der Waals surface area contributed by atoms with Gasteiger partial charge in [-0.15, -0.1) is 0 Å². The summed E-state index contributed by atoms with van der Waals surface area (Å²) in [7, 11) is 0. The minimum Gasteiger partial charge on any atom is -0.494 e. The van der Waals surface area contributed by atoms with Gasteiger partial charge in [-0.05, 0) is 32.0 Å². The van der Waals surface area contributed by atoms with E-state index in [1.807, 2.05) is 68.4 Å². The molecule has 2 heterocycles. The summed E-state index contributed by atoms with van der Waals surface area (Å²) in [6, 6.07) is 17.6. The van der Waals surface area contributed by atoms with Crippen molar-refractivity contribution >= 4 is 21.8 Å². The minimum absolute atomic E-state index is 0.106. The molecule has 5 heteroatoms. The highest BCUT2D eigenvalue weighted by atomic mass is 16.7. The lowest BCUT2D eigenvalue weighted by molar-refractivity contribution is -0.139. The minimum atomic E-state index is -0.487. The van der Waals surface area contributed by atoms with Crippen LogP contribution < -0.4 is 0 Å². The summed E-state index contributed by atoms with van der Waals surface area (Å²) >= 11 is 0. The zero-order valence-electron chi connectivity index (χ0n) is 15.4. The van der Waals surface area contributed by atoms with E-state index in [-0.39, 0.29) is 5.88 Å². The predicted molar refractivity (Wildman–Crippen MR) is 107 cm³/mol. The van der Waals surface area contributed by atoms with Gasteiger partial charge in [-0.2, -0.15) is 0 Å². The van der Waals surface area contributed by atoms with Gasteiger partial charge in [0.1, 0.15) is 0 Å². The number of fused-ring (bicyclic) bond motifs is 2. The van der Waals surface area contributed by atoms with Crippen molar-refractivity contribution in [1.82, 2.24) is 9.97 Å². The summed E-state index contributed by atoms with van der Waals surface area (Å²) in [6.07, 6.45) is -0.487. The van der Waals surface area contributed by atoms with E-state index in [0.717, 1.165) is 27.4 Å². The van der Waals surface area contributed by atoms with Crippen molar-refractivity contribution in [1.29, 1.82) is 0 Å². The first-order valence-corrected chi connectivity index (χ1v) is 9.15.